The fraction of sp³-hybridized carbons (Fsp3) is 0.867. The molecule has 4 heteroatoms. The van der Waals surface area contributed by atoms with E-state index in [2.05, 4.69) is 6.92 Å². The predicted octanol–water partition coefficient (Wildman–Crippen LogP) is 4.08. The lowest BCUT2D eigenvalue weighted by Gasteiger charge is -2.10. The zero-order valence-electron chi connectivity index (χ0n) is 12.1. The maximum absolute atomic E-state index is 11.0. The van der Waals surface area contributed by atoms with Crippen molar-refractivity contribution in [2.75, 3.05) is 0 Å². The smallest absolute Gasteiger partial charge is 0.306 e. The van der Waals surface area contributed by atoms with Crippen LogP contribution < -0.4 is 0 Å². The second kappa shape index (κ2) is 12.0. The first-order valence-corrected chi connectivity index (χ1v) is 7.52. The maximum atomic E-state index is 11.0. The molecule has 0 aliphatic heterocycles. The minimum Gasteiger partial charge on any atom is -0.481 e. The molecule has 0 rings (SSSR count). The van der Waals surface area contributed by atoms with E-state index in [1.165, 1.54) is 32.1 Å². The molecule has 2 N–H and O–H groups in total. The summed E-state index contributed by atoms with van der Waals surface area (Å²) in [6, 6.07) is 0. The second-order valence-electron chi connectivity index (χ2n) is 5.23. The molecule has 0 aromatic rings. The highest BCUT2D eigenvalue weighted by Crippen LogP contribution is 2.17. The van der Waals surface area contributed by atoms with Gasteiger partial charge in [0, 0.05) is 6.42 Å². The first-order valence-electron chi connectivity index (χ1n) is 7.52. The zero-order valence-corrected chi connectivity index (χ0v) is 12.1. The number of carbonyl (C=O) groups is 2. The molecule has 4 nitrogen and oxygen atoms in total. The van der Waals surface area contributed by atoms with Crippen LogP contribution in [-0.2, 0) is 9.59 Å². The van der Waals surface area contributed by atoms with E-state index in [4.69, 9.17) is 10.2 Å². The monoisotopic (exact) mass is 272 g/mol. The average Bonchev–Trinajstić information content (AvgIpc) is 2.35. The molecule has 1 unspecified atom stereocenters. The number of carboxylic acid groups (broad SMARTS) is 2. The van der Waals surface area contributed by atoms with Gasteiger partial charge >= 0.3 is 11.9 Å². The van der Waals surface area contributed by atoms with Crippen molar-refractivity contribution in [3.05, 3.63) is 0 Å². The van der Waals surface area contributed by atoms with Gasteiger partial charge in [0.15, 0.2) is 0 Å². The molecular weight excluding hydrogens is 244 g/mol. The molecule has 112 valence electrons. The summed E-state index contributed by atoms with van der Waals surface area (Å²) in [6.45, 7) is 2.20. The van der Waals surface area contributed by atoms with Gasteiger partial charge in [0.05, 0.1) is 5.92 Å². The van der Waals surface area contributed by atoms with E-state index in [9.17, 15) is 9.59 Å². The fourth-order valence-electron chi connectivity index (χ4n) is 2.21. The van der Waals surface area contributed by atoms with Gasteiger partial charge in [-0.05, 0) is 12.8 Å². The summed E-state index contributed by atoms with van der Waals surface area (Å²) < 4.78 is 0. The lowest BCUT2D eigenvalue weighted by molar-refractivity contribution is -0.143. The Hall–Kier alpha value is -1.06. The van der Waals surface area contributed by atoms with Crippen LogP contribution in [0.2, 0.25) is 0 Å². The van der Waals surface area contributed by atoms with Crippen LogP contribution in [0.4, 0.5) is 0 Å². The molecule has 0 amide bonds. The summed E-state index contributed by atoms with van der Waals surface area (Å²) in [5.41, 5.74) is 0. The summed E-state index contributed by atoms with van der Waals surface area (Å²) in [6.07, 6.45) is 10.3. The number of aliphatic carboxylic acids is 2. The molecule has 0 heterocycles. The standard InChI is InChI=1S/C15H28O4/c1-2-3-4-5-6-7-8-9-10-13(15(18)19)11-12-14(16)17/h13H,2-12H2,1H3,(H,16,17)(H,18,19). The van der Waals surface area contributed by atoms with E-state index in [0.29, 0.717) is 6.42 Å². The number of rotatable bonds is 13. The van der Waals surface area contributed by atoms with Crippen LogP contribution in [0.3, 0.4) is 0 Å². The zero-order chi connectivity index (χ0) is 14.5. The van der Waals surface area contributed by atoms with Gasteiger partial charge in [-0.2, -0.15) is 0 Å². The number of hydrogen-bond donors (Lipinski definition) is 2. The quantitative estimate of drug-likeness (QED) is 0.495. The SMILES string of the molecule is CCCCCCCCCCC(CCC(=O)O)C(=O)O. The van der Waals surface area contributed by atoms with Crippen LogP contribution >= 0.6 is 0 Å². The summed E-state index contributed by atoms with van der Waals surface area (Å²) >= 11 is 0. The van der Waals surface area contributed by atoms with Crippen molar-refractivity contribution in [2.45, 2.75) is 77.6 Å². The topological polar surface area (TPSA) is 74.6 Å². The number of hydrogen-bond acceptors (Lipinski definition) is 2. The van der Waals surface area contributed by atoms with Crippen LogP contribution in [0.25, 0.3) is 0 Å². The highest BCUT2D eigenvalue weighted by Gasteiger charge is 2.17. The molecule has 0 saturated carbocycles. The first-order chi connectivity index (χ1) is 9.07. The molecule has 0 radical (unpaired) electrons. The highest BCUT2D eigenvalue weighted by molar-refractivity contribution is 5.72. The van der Waals surface area contributed by atoms with Gasteiger partial charge in [0.2, 0.25) is 0 Å². The number of unbranched alkanes of at least 4 members (excludes halogenated alkanes) is 7. The third-order valence-electron chi connectivity index (χ3n) is 3.46. The van der Waals surface area contributed by atoms with Crippen molar-refractivity contribution in [3.8, 4) is 0 Å². The lowest BCUT2D eigenvalue weighted by atomic mass is 9.96. The minimum atomic E-state index is -0.915. The van der Waals surface area contributed by atoms with Gasteiger partial charge in [0.25, 0.3) is 0 Å². The van der Waals surface area contributed by atoms with Gasteiger partial charge in [-0.25, -0.2) is 0 Å². The van der Waals surface area contributed by atoms with Crippen LogP contribution in [-0.4, -0.2) is 22.2 Å². The molecule has 0 aromatic heterocycles. The third-order valence-corrected chi connectivity index (χ3v) is 3.46. The second-order valence-corrected chi connectivity index (χ2v) is 5.23. The van der Waals surface area contributed by atoms with Crippen molar-refractivity contribution in [1.82, 2.24) is 0 Å². The van der Waals surface area contributed by atoms with Gasteiger partial charge in [-0.3, -0.25) is 9.59 Å². The minimum absolute atomic E-state index is 0.0476. The van der Waals surface area contributed by atoms with Crippen molar-refractivity contribution >= 4 is 11.9 Å². The van der Waals surface area contributed by atoms with Crippen molar-refractivity contribution in [3.63, 3.8) is 0 Å². The Balaban J connectivity index is 3.53. The first kappa shape index (κ1) is 17.9. The summed E-state index contributed by atoms with van der Waals surface area (Å²) in [5.74, 6) is -2.26. The molecule has 0 fully saturated rings. The highest BCUT2D eigenvalue weighted by atomic mass is 16.4. The summed E-state index contributed by atoms with van der Waals surface area (Å²) in [5, 5.41) is 17.6. The van der Waals surface area contributed by atoms with E-state index < -0.39 is 17.9 Å². The summed E-state index contributed by atoms with van der Waals surface area (Å²) in [7, 11) is 0. The van der Waals surface area contributed by atoms with Crippen molar-refractivity contribution < 1.29 is 19.8 Å². The number of carboxylic acids is 2. The molecule has 0 bridgehead atoms. The van der Waals surface area contributed by atoms with Crippen molar-refractivity contribution in [2.24, 2.45) is 5.92 Å². The van der Waals surface area contributed by atoms with E-state index in [0.717, 1.165) is 19.3 Å². The van der Waals surface area contributed by atoms with Crippen LogP contribution in [0.5, 0.6) is 0 Å². The molecule has 0 aliphatic rings. The Labute approximate surface area is 116 Å². The lowest BCUT2D eigenvalue weighted by Crippen LogP contribution is -2.15. The molecule has 0 aliphatic carbocycles. The largest absolute Gasteiger partial charge is 0.481 e. The van der Waals surface area contributed by atoms with E-state index in [-0.39, 0.29) is 12.8 Å². The van der Waals surface area contributed by atoms with Crippen LogP contribution in [0.1, 0.15) is 77.6 Å². The molecule has 0 saturated heterocycles. The molecule has 0 aromatic carbocycles. The molecule has 1 atom stereocenters. The fourth-order valence-corrected chi connectivity index (χ4v) is 2.21. The normalized spacial score (nSPS) is 12.3. The Morgan fingerprint density at radius 3 is 1.84 bits per heavy atom. The molecular formula is C15H28O4. The molecule has 19 heavy (non-hydrogen) atoms. The predicted molar refractivity (Wildman–Crippen MR) is 75.2 cm³/mol. The van der Waals surface area contributed by atoms with E-state index >= 15 is 0 Å². The van der Waals surface area contributed by atoms with E-state index in [1.807, 2.05) is 0 Å². The van der Waals surface area contributed by atoms with Crippen LogP contribution in [0.15, 0.2) is 0 Å². The third kappa shape index (κ3) is 11.7. The Bertz CT molecular complexity index is 251. The van der Waals surface area contributed by atoms with Crippen LogP contribution in [0, 0.1) is 5.92 Å². The summed E-state index contributed by atoms with van der Waals surface area (Å²) in [4.78, 5) is 21.4. The molecule has 0 spiro atoms. The van der Waals surface area contributed by atoms with E-state index in [1.54, 1.807) is 0 Å². The van der Waals surface area contributed by atoms with Crippen molar-refractivity contribution in [1.29, 1.82) is 0 Å². The Kier molecular flexibility index (Phi) is 11.3. The van der Waals surface area contributed by atoms with Gasteiger partial charge in [-0.1, -0.05) is 58.3 Å². The Morgan fingerprint density at radius 2 is 1.37 bits per heavy atom. The van der Waals surface area contributed by atoms with Gasteiger partial charge < -0.3 is 10.2 Å². The van der Waals surface area contributed by atoms with Gasteiger partial charge in [0.1, 0.15) is 0 Å². The van der Waals surface area contributed by atoms with Gasteiger partial charge in [-0.15, -0.1) is 0 Å². The Morgan fingerprint density at radius 1 is 0.842 bits per heavy atom. The maximum Gasteiger partial charge on any atom is 0.306 e. The average molecular weight is 272 g/mol.